The second-order valence-electron chi connectivity index (χ2n) is 8.87. The quantitative estimate of drug-likeness (QED) is 0.659. The standard InChI is InChI=1S/C22H22F2N2O2S/c23-18-15(2-4-17(19(18)24)20(27)28)1-3-16-11-29-21(25-16)26-22-8-12-5-13(9-22)7-14(6-12)10-22/h1-4,11-14H,5-10H2,(H,25,26)(H,27,28)/b3-1+. The molecule has 29 heavy (non-hydrogen) atoms. The molecule has 4 aliphatic rings. The molecule has 0 aliphatic heterocycles. The van der Waals surface area contributed by atoms with Gasteiger partial charge in [0, 0.05) is 16.5 Å². The molecule has 4 nitrogen and oxygen atoms in total. The number of carboxylic acid groups (broad SMARTS) is 1. The molecule has 0 unspecified atom stereocenters. The van der Waals surface area contributed by atoms with Crippen LogP contribution in [0.1, 0.15) is 60.1 Å². The molecule has 4 bridgehead atoms. The molecule has 0 saturated heterocycles. The Labute approximate surface area is 171 Å². The molecule has 7 heteroatoms. The summed E-state index contributed by atoms with van der Waals surface area (Å²) in [5.41, 5.74) is 0.172. The predicted octanol–water partition coefficient (Wildman–Crippen LogP) is 5.67. The highest BCUT2D eigenvalue weighted by atomic mass is 32.1. The lowest BCUT2D eigenvalue weighted by atomic mass is 9.53. The number of hydrogen-bond acceptors (Lipinski definition) is 4. The van der Waals surface area contributed by atoms with Crippen molar-refractivity contribution in [1.29, 1.82) is 0 Å². The van der Waals surface area contributed by atoms with Crippen LogP contribution in [0.15, 0.2) is 17.5 Å². The van der Waals surface area contributed by atoms with Crippen molar-refractivity contribution in [3.05, 3.63) is 46.0 Å². The van der Waals surface area contributed by atoms with Crippen LogP contribution >= 0.6 is 11.3 Å². The van der Waals surface area contributed by atoms with E-state index in [0.29, 0.717) is 5.69 Å². The smallest absolute Gasteiger partial charge is 0.338 e. The highest BCUT2D eigenvalue weighted by Crippen LogP contribution is 2.56. The van der Waals surface area contributed by atoms with E-state index >= 15 is 0 Å². The van der Waals surface area contributed by atoms with E-state index in [0.717, 1.165) is 29.0 Å². The number of carbonyl (C=O) groups is 1. The van der Waals surface area contributed by atoms with E-state index in [2.05, 4.69) is 10.3 Å². The summed E-state index contributed by atoms with van der Waals surface area (Å²) in [6.45, 7) is 0. The van der Waals surface area contributed by atoms with Gasteiger partial charge in [0.1, 0.15) is 0 Å². The summed E-state index contributed by atoms with van der Waals surface area (Å²) in [6.07, 6.45) is 10.9. The van der Waals surface area contributed by atoms with Gasteiger partial charge < -0.3 is 10.4 Å². The van der Waals surface area contributed by atoms with Crippen molar-refractivity contribution in [1.82, 2.24) is 4.98 Å². The highest BCUT2D eigenvalue weighted by Gasteiger charge is 2.51. The lowest BCUT2D eigenvalue weighted by Gasteiger charge is -2.56. The number of rotatable bonds is 5. The average molecular weight is 416 g/mol. The fourth-order valence-corrected chi connectivity index (χ4v) is 6.74. The van der Waals surface area contributed by atoms with Gasteiger partial charge >= 0.3 is 5.97 Å². The Morgan fingerprint density at radius 2 is 1.76 bits per heavy atom. The van der Waals surface area contributed by atoms with Crippen molar-refractivity contribution in [2.75, 3.05) is 5.32 Å². The van der Waals surface area contributed by atoms with Crippen LogP contribution in [0.4, 0.5) is 13.9 Å². The molecule has 4 aliphatic carbocycles. The zero-order chi connectivity index (χ0) is 20.2. The van der Waals surface area contributed by atoms with Gasteiger partial charge in [-0.3, -0.25) is 0 Å². The first-order chi connectivity index (χ1) is 13.9. The number of aromatic nitrogens is 1. The van der Waals surface area contributed by atoms with Crippen molar-refractivity contribution in [3.8, 4) is 0 Å². The average Bonchev–Trinajstić information content (AvgIpc) is 3.08. The fraction of sp³-hybridized carbons (Fsp3) is 0.455. The first kappa shape index (κ1) is 18.7. The molecule has 2 aromatic rings. The third-order valence-electron chi connectivity index (χ3n) is 6.71. The van der Waals surface area contributed by atoms with Crippen molar-refractivity contribution in [2.45, 2.75) is 44.1 Å². The van der Waals surface area contributed by atoms with Crippen LogP contribution in [0, 0.1) is 29.4 Å². The Kier molecular flexibility index (Phi) is 4.46. The van der Waals surface area contributed by atoms with E-state index < -0.39 is 23.2 Å². The van der Waals surface area contributed by atoms with Crippen molar-refractivity contribution in [2.24, 2.45) is 17.8 Å². The molecule has 0 radical (unpaired) electrons. The SMILES string of the molecule is O=C(O)c1ccc(/C=C/c2csc(NC34CC5CC(CC(C5)C3)C4)n2)c(F)c1F. The summed E-state index contributed by atoms with van der Waals surface area (Å²) >= 11 is 1.53. The third-order valence-corrected chi connectivity index (χ3v) is 7.48. The molecule has 1 aromatic carbocycles. The lowest BCUT2D eigenvalue weighted by Crippen LogP contribution is -2.54. The molecule has 1 heterocycles. The van der Waals surface area contributed by atoms with Gasteiger partial charge in [-0.15, -0.1) is 11.3 Å². The maximum atomic E-state index is 14.1. The Morgan fingerprint density at radius 1 is 1.10 bits per heavy atom. The number of nitrogens with zero attached hydrogens (tertiary/aromatic N) is 1. The summed E-state index contributed by atoms with van der Waals surface area (Å²) in [6, 6.07) is 2.33. The largest absolute Gasteiger partial charge is 0.478 e. The molecule has 4 saturated carbocycles. The van der Waals surface area contributed by atoms with Crippen LogP contribution in [0.5, 0.6) is 0 Å². The Hall–Kier alpha value is -2.28. The normalized spacial score (nSPS) is 30.2. The number of benzene rings is 1. The highest BCUT2D eigenvalue weighted by molar-refractivity contribution is 7.13. The van der Waals surface area contributed by atoms with Crippen LogP contribution < -0.4 is 5.32 Å². The topological polar surface area (TPSA) is 62.2 Å². The van der Waals surface area contributed by atoms with E-state index in [4.69, 9.17) is 5.11 Å². The number of nitrogens with one attached hydrogen (secondary N) is 1. The van der Waals surface area contributed by atoms with E-state index in [-0.39, 0.29) is 11.1 Å². The van der Waals surface area contributed by atoms with Crippen LogP contribution in [0.2, 0.25) is 0 Å². The molecule has 6 rings (SSSR count). The fourth-order valence-electron chi connectivity index (χ4n) is 5.94. The molecular weight excluding hydrogens is 394 g/mol. The summed E-state index contributed by atoms with van der Waals surface area (Å²) in [5, 5.41) is 15.3. The molecule has 152 valence electrons. The molecule has 0 amide bonds. The van der Waals surface area contributed by atoms with Gasteiger partial charge in [-0.1, -0.05) is 6.07 Å². The van der Waals surface area contributed by atoms with Crippen LogP contribution in [0.25, 0.3) is 12.2 Å². The molecular formula is C22H22F2N2O2S. The van der Waals surface area contributed by atoms with E-state index in [1.165, 1.54) is 62.0 Å². The van der Waals surface area contributed by atoms with Gasteiger partial charge in [-0.2, -0.15) is 0 Å². The van der Waals surface area contributed by atoms with Crippen LogP contribution in [0.3, 0.4) is 0 Å². The van der Waals surface area contributed by atoms with E-state index in [9.17, 15) is 13.6 Å². The summed E-state index contributed by atoms with van der Waals surface area (Å²) in [7, 11) is 0. The van der Waals surface area contributed by atoms with Crippen molar-refractivity contribution < 1.29 is 18.7 Å². The number of halogens is 2. The first-order valence-electron chi connectivity index (χ1n) is 10.0. The van der Waals surface area contributed by atoms with Crippen molar-refractivity contribution in [3.63, 3.8) is 0 Å². The molecule has 0 spiro atoms. The second-order valence-corrected chi connectivity index (χ2v) is 9.73. The van der Waals surface area contributed by atoms with Crippen molar-refractivity contribution >= 4 is 34.6 Å². The minimum absolute atomic E-state index is 0.00362. The summed E-state index contributed by atoms with van der Waals surface area (Å²) < 4.78 is 27.9. The van der Waals surface area contributed by atoms with Crippen LogP contribution in [-0.2, 0) is 0 Å². The minimum atomic E-state index is -1.49. The molecule has 1 aromatic heterocycles. The van der Waals surface area contributed by atoms with Gasteiger partial charge in [0.2, 0.25) is 0 Å². The van der Waals surface area contributed by atoms with Gasteiger partial charge in [-0.05, 0) is 74.5 Å². The number of thiazole rings is 1. The Balaban J connectivity index is 1.31. The van der Waals surface area contributed by atoms with Gasteiger partial charge in [0.05, 0.1) is 11.3 Å². The molecule has 4 fully saturated rings. The van der Waals surface area contributed by atoms with Gasteiger partial charge in [0.15, 0.2) is 16.8 Å². The van der Waals surface area contributed by atoms with E-state index in [1.807, 2.05) is 5.38 Å². The first-order valence-corrected chi connectivity index (χ1v) is 10.9. The molecule has 0 atom stereocenters. The number of aromatic carboxylic acids is 1. The lowest BCUT2D eigenvalue weighted by molar-refractivity contribution is 0.0107. The maximum absolute atomic E-state index is 14.1. The second kappa shape index (κ2) is 6.90. The predicted molar refractivity (Wildman–Crippen MR) is 109 cm³/mol. The number of carboxylic acids is 1. The van der Waals surface area contributed by atoms with Gasteiger partial charge in [-0.25, -0.2) is 18.6 Å². The number of hydrogen-bond donors (Lipinski definition) is 2. The van der Waals surface area contributed by atoms with Crippen LogP contribution in [-0.4, -0.2) is 21.6 Å². The zero-order valence-corrected chi connectivity index (χ0v) is 16.6. The maximum Gasteiger partial charge on any atom is 0.338 e. The number of anilines is 1. The zero-order valence-electron chi connectivity index (χ0n) is 15.8. The Morgan fingerprint density at radius 3 is 2.38 bits per heavy atom. The monoisotopic (exact) mass is 416 g/mol. The molecule has 2 N–H and O–H groups in total. The summed E-state index contributed by atoms with van der Waals surface area (Å²) in [4.78, 5) is 15.5. The Bertz CT molecular complexity index is 965. The summed E-state index contributed by atoms with van der Waals surface area (Å²) in [5.74, 6) is -1.46. The minimum Gasteiger partial charge on any atom is -0.478 e. The van der Waals surface area contributed by atoms with E-state index in [1.54, 1.807) is 6.08 Å². The van der Waals surface area contributed by atoms with Gasteiger partial charge in [0.25, 0.3) is 0 Å². The third kappa shape index (κ3) is 3.45.